The van der Waals surface area contributed by atoms with Gasteiger partial charge in [0.2, 0.25) is 23.5 Å². The summed E-state index contributed by atoms with van der Waals surface area (Å²) in [4.78, 5) is 99.7. The molecule has 4 aromatic carbocycles. The Kier molecular flexibility index (Phi) is 14.6. The van der Waals surface area contributed by atoms with Crippen LogP contribution in [-0.4, -0.2) is 101 Å². The summed E-state index contributed by atoms with van der Waals surface area (Å²) >= 11 is 2.31. The molecule has 8 aromatic heterocycles. The minimum absolute atomic E-state index is 0.142. The van der Waals surface area contributed by atoms with Crippen molar-refractivity contribution in [1.29, 1.82) is 0 Å². The number of ketones is 4. The normalized spacial score (nSPS) is 18.5. The van der Waals surface area contributed by atoms with Crippen molar-refractivity contribution in [3.63, 3.8) is 0 Å². The van der Waals surface area contributed by atoms with E-state index in [1.807, 2.05) is 24.8 Å². The topological polar surface area (TPSA) is 473 Å². The molecule has 32 nitrogen and oxygen atoms in total. The molecule has 0 saturated carbocycles. The molecule has 0 unspecified atom stereocenters. The van der Waals surface area contributed by atoms with Crippen molar-refractivity contribution in [3.8, 4) is 0 Å². The number of thiophene rings is 4. The summed E-state index contributed by atoms with van der Waals surface area (Å²) in [5.74, 6) is -14.5. The fraction of sp³-hybridized carbons (Fsp3) is 0.250. The van der Waals surface area contributed by atoms with E-state index in [-0.39, 0.29) is 34.0 Å². The minimum Gasteiger partial charge on any atom is -0.337 e. The van der Waals surface area contributed by atoms with Crippen LogP contribution < -0.4 is 40.2 Å². The number of aryl methyl sites for hydroxylation is 12. The van der Waals surface area contributed by atoms with E-state index >= 15 is 0 Å². The number of nitrogens with one attached hydrogen (secondary N) is 8. The summed E-state index contributed by atoms with van der Waals surface area (Å²) in [6.45, 7) is -36.0. The van der Waals surface area contributed by atoms with Gasteiger partial charge in [-0.15, -0.1) is 45.3 Å². The lowest BCUT2D eigenvalue weighted by Gasteiger charge is -2.14. The molecule has 4 amide bonds. The first-order valence-corrected chi connectivity index (χ1v) is 41.5. The first-order chi connectivity index (χ1) is 74.7. The Balaban J connectivity index is 0.000000243. The van der Waals surface area contributed by atoms with Crippen LogP contribution in [0, 0.1) is 110 Å². The Hall–Kier alpha value is -11.9. The average Bonchev–Trinajstić information content (AvgIpc) is 0.865. The highest BCUT2D eigenvalue weighted by Crippen LogP contribution is 2.36. The van der Waals surface area contributed by atoms with Gasteiger partial charge in [-0.2, -0.15) is 0 Å². The van der Waals surface area contributed by atoms with Crippen molar-refractivity contribution in [1.82, 2.24) is 20.6 Å². The van der Waals surface area contributed by atoms with Gasteiger partial charge in [0.1, 0.15) is 39.1 Å². The number of nitrogens with zero attached hydrogens (tertiary/aromatic N) is 4. The van der Waals surface area contributed by atoms with E-state index < -0.39 is 359 Å². The smallest absolute Gasteiger partial charge is 0.267 e. The zero-order valence-corrected chi connectivity index (χ0v) is 67.7. The molecule has 8 heterocycles. The number of anilines is 8. The van der Waals surface area contributed by atoms with Gasteiger partial charge in [-0.05, 0) is 252 Å². The van der Waals surface area contributed by atoms with E-state index in [0.717, 1.165) is 35.0 Å². The van der Waals surface area contributed by atoms with Crippen LogP contribution in [0.5, 0.6) is 0 Å². The molecule has 0 radical (unpaired) electrons. The van der Waals surface area contributed by atoms with E-state index in [4.69, 9.17) is 81.1 Å². The Morgan fingerprint density at radius 1 is 0.325 bits per heavy atom. The monoisotopic (exact) mass is 1830 g/mol. The minimum atomic E-state index is -4.79. The van der Waals surface area contributed by atoms with E-state index in [1.165, 1.54) is 51.4 Å². The van der Waals surface area contributed by atoms with Crippen molar-refractivity contribution in [2.75, 3.05) is 40.2 Å². The predicted octanol–water partition coefficient (Wildman–Crippen LogP) is 16.9. The van der Waals surface area contributed by atoms with Crippen LogP contribution in [-0.2, 0) is 40.1 Å². The second-order valence-electron chi connectivity index (χ2n) is 23.9. The number of amides is 4. The number of hydrogen-bond donors (Lipinski definition) is 8. The second-order valence-corrected chi connectivity index (χ2v) is 34.1. The highest BCUT2D eigenvalue weighted by Gasteiger charge is 2.33. The van der Waals surface area contributed by atoms with Gasteiger partial charge in [0, 0.05) is 102 Å². The summed E-state index contributed by atoms with van der Waals surface area (Å²) in [6.07, 6.45) is 0. The highest BCUT2D eigenvalue weighted by atomic mass is 32.2. The molecule has 12 aromatic rings. The van der Waals surface area contributed by atoms with E-state index in [1.54, 1.807) is 6.92 Å². The van der Waals surface area contributed by atoms with Crippen LogP contribution in [0.15, 0.2) is 132 Å². The molecule has 12 rings (SSSR count). The van der Waals surface area contributed by atoms with Crippen molar-refractivity contribution in [3.05, 3.63) is 226 Å². The first kappa shape index (κ1) is 47.2. The summed E-state index contributed by atoms with van der Waals surface area (Å²) in [6, 6.07) is 3.11. The van der Waals surface area contributed by atoms with E-state index in [2.05, 4.69) is 36.0 Å². The highest BCUT2D eigenvalue weighted by molar-refractivity contribution is 7.94. The maximum Gasteiger partial charge on any atom is 0.267 e. The standard InChI is InChI=1S/4C20H21N3O5S2/c4*1-10-8-11(2)17(15(9-10)14(5)24)21-19(25)18-16(6-7-29-18)30(26,27)23-20-12(3)13(4)22-28-20/h4*6-9,23H,1-5H3,(H,21,25)/i1D3,2D3,4D3,5D3,9D;1D3,2D3,3D3,5D3,9D;3D3,4D3,5D3,9D;1D3,2D3,5D3,9D. The molecular formula is C80H84N12O20S8. The molecule has 0 aliphatic heterocycles. The van der Waals surface area contributed by atoms with Gasteiger partial charge in [0.25, 0.3) is 63.7 Å². The molecule has 0 aliphatic carbocycles. The lowest BCUT2D eigenvalue weighted by molar-refractivity contribution is 0.100. The molecule has 8 N–H and O–H groups in total. The molecule has 0 aliphatic rings. The third kappa shape index (κ3) is 21.0. The van der Waals surface area contributed by atoms with Crippen LogP contribution >= 0.6 is 45.3 Å². The molecule has 40 heteroatoms. The maximum atomic E-state index is 13.4. The Morgan fingerprint density at radius 2 is 0.575 bits per heavy atom. The fourth-order valence-electron chi connectivity index (χ4n) is 9.70. The zero-order chi connectivity index (χ0) is 127. The number of hydrogen-bond acceptors (Lipinski definition) is 28. The van der Waals surface area contributed by atoms with Gasteiger partial charge in [0.15, 0.2) is 23.1 Å². The number of rotatable bonds is 24. The average molecular weight is 1840 g/mol. The van der Waals surface area contributed by atoms with Crippen molar-refractivity contribution in [2.45, 2.75) is 157 Å². The quantitative estimate of drug-likeness (QED) is 0.0260. The van der Waals surface area contributed by atoms with Gasteiger partial charge >= 0.3 is 0 Å². The van der Waals surface area contributed by atoms with Crippen LogP contribution in [0.3, 0.4) is 0 Å². The van der Waals surface area contributed by atoms with E-state index in [0.29, 0.717) is 74.8 Å². The Morgan fingerprint density at radius 3 is 0.842 bits per heavy atom. The fourth-order valence-corrected chi connectivity index (χ4v) is 19.1. The molecule has 120 heavy (non-hydrogen) atoms. The summed E-state index contributed by atoms with van der Waals surface area (Å²) in [5, 5.41) is 26.8. The Labute approximate surface area is 772 Å². The molecule has 632 valence electrons. The van der Waals surface area contributed by atoms with Gasteiger partial charge in [-0.25, -0.2) is 52.6 Å². The van der Waals surface area contributed by atoms with Gasteiger partial charge in [-0.1, -0.05) is 44.9 Å². The third-order valence-electron chi connectivity index (χ3n) is 15.5. The number of carbonyl (C=O) groups excluding carboxylic acids is 8. The number of carbonyl (C=O) groups is 8. The first-order valence-electron chi connectivity index (χ1n) is 55.1. The summed E-state index contributed by atoms with van der Waals surface area (Å²) < 4.78 is 485. The Bertz CT molecular complexity index is 8550. The van der Waals surface area contributed by atoms with Gasteiger partial charge in [0.05, 0.1) is 51.0 Å². The zero-order valence-electron chi connectivity index (χ0n) is 107. The number of Topliss-reactive ketones (excluding diaryl/α,β-unsaturated/α-hetero) is 4. The lowest BCUT2D eigenvalue weighted by Crippen LogP contribution is -2.20. The van der Waals surface area contributed by atoms with Crippen LogP contribution in [0.25, 0.3) is 0 Å². The van der Waals surface area contributed by atoms with Crippen molar-refractivity contribution in [2.24, 2.45) is 0 Å². The van der Waals surface area contributed by atoms with Crippen LogP contribution in [0.4, 0.5) is 46.3 Å². The maximum absolute atomic E-state index is 13.4. The molecule has 0 saturated heterocycles. The van der Waals surface area contributed by atoms with Crippen LogP contribution in [0.1, 0.15) is 260 Å². The summed E-state index contributed by atoms with van der Waals surface area (Å²) in [7, 11) is -18.8. The predicted molar refractivity (Wildman–Crippen MR) is 460 cm³/mol. The number of sulfonamides is 4. The second kappa shape index (κ2) is 37.2. The number of aromatic nitrogens is 4. The molecule has 0 bridgehead atoms. The van der Waals surface area contributed by atoms with Gasteiger partial charge in [-0.3, -0.25) is 38.4 Å². The van der Waals surface area contributed by atoms with Crippen molar-refractivity contribution >= 4 is 178 Å². The molecule has 0 spiro atoms. The SMILES string of the molecule is [2H]c1c(C([2H])([2H])[2H])cc(C([2H])([2H])[2H])c(NC(=O)c2sccc2S(=O)(=O)Nc2onc(C([2H])([2H])[2H])c2C)c1C(=O)C([2H])([2H])[2H].[2H]c1c(C([2H])([2H])[2H])cc(C([2H])([2H])[2H])c(NC(=O)c2sccc2S(=O)(=O)Nc2onc(C)c2C([2H])([2H])[2H])c1C(=O)C([2H])([2H])[2H].[2H]c1c(C([2H])([2H])[2H])cc(C([2H])([2H])[2H])c(NC(=O)c2sccc2S(=O)(=O)Nc2onc(C)c2C)c1C(=O)C([2H])([2H])[2H].[2H]c1c(C)cc(C)c(NC(=O)c2sccc2S(=O)(=O)Nc2onc(C([2H])([2H])[2H])c2C([2H])([2H])[2H])c1C(=O)C([2H])([2H])[2H]. The van der Waals surface area contributed by atoms with Crippen LogP contribution in [0.2, 0.25) is 0 Å². The van der Waals surface area contributed by atoms with Gasteiger partial charge < -0.3 is 39.4 Å². The van der Waals surface area contributed by atoms with E-state index in [9.17, 15) is 72.0 Å². The van der Waals surface area contributed by atoms with Crippen molar-refractivity contribution < 1.29 is 153 Å². The molecular weight excluding hydrogens is 1710 g/mol. The largest absolute Gasteiger partial charge is 0.337 e. The number of benzene rings is 4. The summed E-state index contributed by atoms with van der Waals surface area (Å²) in [5.41, 5.74) is -15.3. The molecule has 0 atom stereocenters. The molecule has 0 fully saturated rings. The third-order valence-corrected chi connectivity index (χ3v) is 25.2. The lowest BCUT2D eigenvalue weighted by atomic mass is 10.0.